The predicted octanol–water partition coefficient (Wildman–Crippen LogP) is 6.65. The van der Waals surface area contributed by atoms with Gasteiger partial charge in [-0.15, -0.1) is 0 Å². The first-order valence-corrected chi connectivity index (χ1v) is 13.2. The van der Waals surface area contributed by atoms with E-state index in [4.69, 9.17) is 9.47 Å². The number of ether oxygens (including phenoxy) is 2. The van der Waals surface area contributed by atoms with Crippen molar-refractivity contribution in [3.05, 3.63) is 58.7 Å². The molecule has 0 saturated heterocycles. The molecule has 2 unspecified atom stereocenters. The summed E-state index contributed by atoms with van der Waals surface area (Å²) in [4.78, 5) is 12.2. The Bertz CT molecular complexity index is 1080. The minimum atomic E-state index is -0.768. The summed E-state index contributed by atoms with van der Waals surface area (Å²) in [7, 11) is 0. The number of rotatable bonds is 2. The Morgan fingerprint density at radius 1 is 1.09 bits per heavy atom. The molecular formula is C30H38O4. The molecule has 34 heavy (non-hydrogen) atoms. The molecule has 1 aliphatic heterocycles. The standard InChI is InChI=1S/C28H32O4.C2H6/c1-3-11-28(30)12-10-23-21-7-4-17-13-19(29)6-8-20(17)26(21)22(15-27(23,28)2)18-5-9-24-25(14-18)32-16-31-24;1-2/h3,5,9,11,13-14,21-23,30H,4,6-8,10,12,15-16H2,1-2H3;1-2H3/t21?,22-,23?,27+,28+;/m1./s1. The van der Waals surface area contributed by atoms with Crippen molar-refractivity contribution in [1.82, 2.24) is 0 Å². The number of allylic oxidation sites excluding steroid dienone is 5. The summed E-state index contributed by atoms with van der Waals surface area (Å²) in [5.74, 6) is 3.04. The molecule has 0 spiro atoms. The lowest BCUT2D eigenvalue weighted by Gasteiger charge is -2.54. The van der Waals surface area contributed by atoms with E-state index in [-0.39, 0.29) is 23.9 Å². The second kappa shape index (κ2) is 8.71. The van der Waals surface area contributed by atoms with Gasteiger partial charge in [-0.1, -0.05) is 44.6 Å². The maximum absolute atomic E-state index is 12.2. The first kappa shape index (κ1) is 23.4. The molecule has 0 amide bonds. The normalized spacial score (nSPS) is 35.9. The van der Waals surface area contributed by atoms with Gasteiger partial charge in [0.25, 0.3) is 0 Å². The second-order valence-electron chi connectivity index (χ2n) is 10.6. The average Bonchev–Trinajstić information content (AvgIpc) is 3.41. The molecule has 2 fully saturated rings. The van der Waals surface area contributed by atoms with E-state index in [1.54, 1.807) is 5.57 Å². The van der Waals surface area contributed by atoms with Gasteiger partial charge >= 0.3 is 0 Å². The molecule has 1 heterocycles. The highest BCUT2D eigenvalue weighted by molar-refractivity contribution is 5.93. The molecule has 4 aliphatic carbocycles. The molecule has 5 atom stereocenters. The van der Waals surface area contributed by atoms with Gasteiger partial charge in [0.05, 0.1) is 5.60 Å². The minimum Gasteiger partial charge on any atom is -0.454 e. The Morgan fingerprint density at radius 2 is 1.88 bits per heavy atom. The molecule has 6 rings (SSSR count). The van der Waals surface area contributed by atoms with E-state index in [9.17, 15) is 9.90 Å². The number of carbonyl (C=O) groups excluding carboxylic acids is 1. The van der Waals surface area contributed by atoms with Crippen LogP contribution in [-0.2, 0) is 4.79 Å². The van der Waals surface area contributed by atoms with Crippen molar-refractivity contribution in [2.45, 2.75) is 84.2 Å². The monoisotopic (exact) mass is 462 g/mol. The Balaban J connectivity index is 0.00000117. The Morgan fingerprint density at radius 3 is 2.68 bits per heavy atom. The topological polar surface area (TPSA) is 55.8 Å². The highest BCUT2D eigenvalue weighted by Crippen LogP contribution is 2.67. The lowest BCUT2D eigenvalue weighted by atomic mass is 9.51. The van der Waals surface area contributed by atoms with E-state index in [1.807, 2.05) is 39.0 Å². The van der Waals surface area contributed by atoms with Crippen LogP contribution in [0.25, 0.3) is 0 Å². The fraction of sp³-hybridized carbons (Fsp3) is 0.567. The molecule has 1 aromatic carbocycles. The number of benzene rings is 1. The first-order valence-electron chi connectivity index (χ1n) is 13.2. The van der Waals surface area contributed by atoms with Gasteiger partial charge < -0.3 is 14.6 Å². The smallest absolute Gasteiger partial charge is 0.231 e. The number of hydrogen-bond acceptors (Lipinski definition) is 4. The van der Waals surface area contributed by atoms with Gasteiger partial charge in [0.15, 0.2) is 17.3 Å². The summed E-state index contributed by atoms with van der Waals surface area (Å²) in [6.07, 6.45) is 12.3. The van der Waals surface area contributed by atoms with E-state index in [1.165, 1.54) is 16.7 Å². The van der Waals surface area contributed by atoms with Crippen LogP contribution in [0.5, 0.6) is 11.5 Å². The van der Waals surface area contributed by atoms with Gasteiger partial charge in [-0.3, -0.25) is 4.79 Å². The minimum absolute atomic E-state index is 0.180. The molecule has 182 valence electrons. The lowest BCUT2D eigenvalue weighted by Crippen LogP contribution is -2.50. The summed E-state index contributed by atoms with van der Waals surface area (Å²) in [6, 6.07) is 6.36. The maximum atomic E-state index is 12.2. The molecular weight excluding hydrogens is 424 g/mol. The fourth-order valence-corrected chi connectivity index (χ4v) is 7.68. The van der Waals surface area contributed by atoms with Crippen LogP contribution in [-0.4, -0.2) is 23.3 Å². The summed E-state index contributed by atoms with van der Waals surface area (Å²) < 4.78 is 11.3. The van der Waals surface area contributed by atoms with Gasteiger partial charge in [-0.25, -0.2) is 0 Å². The number of fused-ring (bicyclic) bond motifs is 5. The van der Waals surface area contributed by atoms with Crippen molar-refractivity contribution in [3.8, 4) is 11.5 Å². The molecule has 5 aliphatic rings. The largest absolute Gasteiger partial charge is 0.454 e. The molecule has 0 bridgehead atoms. The van der Waals surface area contributed by atoms with E-state index < -0.39 is 5.60 Å². The zero-order chi connectivity index (χ0) is 24.1. The van der Waals surface area contributed by atoms with Crippen molar-refractivity contribution < 1.29 is 19.4 Å². The quantitative estimate of drug-likeness (QED) is 0.500. The van der Waals surface area contributed by atoms with Gasteiger partial charge in [0, 0.05) is 17.8 Å². The first-order chi connectivity index (χ1) is 16.4. The van der Waals surface area contributed by atoms with Crippen LogP contribution in [0.1, 0.15) is 84.1 Å². The number of aliphatic hydroxyl groups is 1. The van der Waals surface area contributed by atoms with E-state index in [2.05, 4.69) is 25.1 Å². The molecule has 1 N–H and O–H groups in total. The zero-order valence-corrected chi connectivity index (χ0v) is 21.0. The van der Waals surface area contributed by atoms with Crippen LogP contribution in [0.4, 0.5) is 0 Å². The van der Waals surface area contributed by atoms with E-state index >= 15 is 0 Å². The third kappa shape index (κ3) is 3.40. The molecule has 2 saturated carbocycles. The van der Waals surface area contributed by atoms with Crippen molar-refractivity contribution in [2.24, 2.45) is 17.3 Å². The van der Waals surface area contributed by atoms with Gasteiger partial charge in [-0.2, -0.15) is 0 Å². The van der Waals surface area contributed by atoms with Crippen molar-refractivity contribution in [1.29, 1.82) is 0 Å². The molecule has 4 nitrogen and oxygen atoms in total. The van der Waals surface area contributed by atoms with Crippen molar-refractivity contribution in [3.63, 3.8) is 0 Å². The Hall–Kier alpha value is -2.33. The molecule has 0 aromatic heterocycles. The maximum Gasteiger partial charge on any atom is 0.231 e. The fourth-order valence-electron chi connectivity index (χ4n) is 7.68. The summed E-state index contributed by atoms with van der Waals surface area (Å²) >= 11 is 0. The van der Waals surface area contributed by atoms with E-state index in [0.29, 0.717) is 18.3 Å². The van der Waals surface area contributed by atoms with Crippen LogP contribution >= 0.6 is 0 Å². The molecule has 1 aromatic rings. The highest BCUT2D eigenvalue weighted by atomic mass is 16.7. The van der Waals surface area contributed by atoms with Gasteiger partial charge in [-0.05, 0) is 92.2 Å². The van der Waals surface area contributed by atoms with Crippen LogP contribution in [0, 0.1) is 17.3 Å². The van der Waals surface area contributed by atoms with Crippen molar-refractivity contribution >= 4 is 5.78 Å². The summed E-state index contributed by atoms with van der Waals surface area (Å²) in [5, 5.41) is 11.8. The van der Waals surface area contributed by atoms with Crippen LogP contribution in [0.15, 0.2) is 53.1 Å². The van der Waals surface area contributed by atoms with Crippen LogP contribution in [0.2, 0.25) is 0 Å². The number of carbonyl (C=O) groups is 1. The molecule has 0 radical (unpaired) electrons. The SMILES string of the molecule is CC.CC=C[C@]1(O)CCC2C3CCC4=CC(=O)CCC4=C3[C@@H](c3ccc4c(c3)OCO4)C[C@@]21C. The third-order valence-electron chi connectivity index (χ3n) is 9.19. The third-order valence-corrected chi connectivity index (χ3v) is 9.19. The number of ketones is 1. The average molecular weight is 463 g/mol. The van der Waals surface area contributed by atoms with Crippen LogP contribution in [0.3, 0.4) is 0 Å². The Labute approximate surface area is 203 Å². The molecule has 4 heteroatoms. The van der Waals surface area contributed by atoms with Crippen LogP contribution < -0.4 is 9.47 Å². The van der Waals surface area contributed by atoms with Gasteiger partial charge in [0.2, 0.25) is 6.79 Å². The Kier molecular flexibility index (Phi) is 6.00. The predicted molar refractivity (Wildman–Crippen MR) is 134 cm³/mol. The van der Waals surface area contributed by atoms with Gasteiger partial charge in [0.1, 0.15) is 0 Å². The lowest BCUT2D eigenvalue weighted by molar-refractivity contribution is -0.114. The second-order valence-corrected chi connectivity index (χ2v) is 10.6. The zero-order valence-electron chi connectivity index (χ0n) is 21.0. The van der Waals surface area contributed by atoms with E-state index in [0.717, 1.165) is 50.0 Å². The highest BCUT2D eigenvalue weighted by Gasteiger charge is 2.61. The number of hydrogen-bond donors (Lipinski definition) is 1. The summed E-state index contributed by atoms with van der Waals surface area (Å²) in [5.41, 5.74) is 4.54. The van der Waals surface area contributed by atoms with Crippen molar-refractivity contribution in [2.75, 3.05) is 6.79 Å². The summed E-state index contributed by atoms with van der Waals surface area (Å²) in [6.45, 7) is 8.61.